The fourth-order valence-corrected chi connectivity index (χ4v) is 3.05. The molecule has 0 aliphatic carbocycles. The Hall–Kier alpha value is -4.87. The maximum atomic E-state index is 13.0. The van der Waals surface area contributed by atoms with Gasteiger partial charge < -0.3 is 11.1 Å². The van der Waals surface area contributed by atoms with Gasteiger partial charge in [-0.15, -0.1) is 5.10 Å². The first kappa shape index (κ1) is 21.4. The number of hydrogen-bond acceptors (Lipinski definition) is 9. The maximum absolute atomic E-state index is 13.0. The molecule has 4 aromatic rings. The highest BCUT2D eigenvalue weighted by molar-refractivity contribution is 6.03. The van der Waals surface area contributed by atoms with Crippen molar-refractivity contribution in [2.24, 2.45) is 5.10 Å². The topological polar surface area (TPSA) is 166 Å². The molecule has 0 radical (unpaired) electrons. The Labute approximate surface area is 187 Å². The van der Waals surface area contributed by atoms with Crippen molar-refractivity contribution in [2.75, 3.05) is 11.1 Å². The zero-order valence-corrected chi connectivity index (χ0v) is 17.7. The lowest BCUT2D eigenvalue weighted by Gasteiger charge is -2.07. The average molecular weight is 445 g/mol. The number of rotatable bonds is 6. The Morgan fingerprint density at radius 2 is 1.85 bits per heavy atom. The van der Waals surface area contributed by atoms with Gasteiger partial charge in [-0.3, -0.25) is 9.59 Å². The highest BCUT2D eigenvalue weighted by Gasteiger charge is 2.25. The number of nitrogens with zero attached hydrogens (tertiary/aromatic N) is 6. The second-order valence-corrected chi connectivity index (χ2v) is 6.94. The van der Waals surface area contributed by atoms with Gasteiger partial charge in [-0.25, -0.2) is 10.1 Å². The van der Waals surface area contributed by atoms with Crippen molar-refractivity contribution in [3.05, 3.63) is 65.9 Å². The van der Waals surface area contributed by atoms with E-state index in [0.29, 0.717) is 22.7 Å². The molecular formula is C21H19N9O3. The van der Waals surface area contributed by atoms with Gasteiger partial charge in [0.1, 0.15) is 5.69 Å². The van der Waals surface area contributed by atoms with Gasteiger partial charge in [-0.05, 0) is 34.9 Å². The summed E-state index contributed by atoms with van der Waals surface area (Å²) in [4.78, 5) is 24.3. The quantitative estimate of drug-likeness (QED) is 0.299. The fraction of sp³-hybridized carbons (Fsp3) is 0.0952. The van der Waals surface area contributed by atoms with E-state index in [1.807, 2.05) is 24.3 Å². The molecule has 4 rings (SSSR count). The summed E-state index contributed by atoms with van der Waals surface area (Å²) in [5.74, 6) is -0.672. The van der Waals surface area contributed by atoms with Crippen LogP contribution < -0.4 is 16.5 Å². The molecule has 0 spiro atoms. The monoisotopic (exact) mass is 445 g/mol. The van der Waals surface area contributed by atoms with Crippen LogP contribution in [0.4, 0.5) is 11.5 Å². The summed E-state index contributed by atoms with van der Waals surface area (Å²) in [6, 6.07) is 16.1. The summed E-state index contributed by atoms with van der Waals surface area (Å²) >= 11 is 0. The summed E-state index contributed by atoms with van der Waals surface area (Å²) in [6.45, 7) is 3.15. The number of nitrogen functional groups attached to an aromatic ring is 1. The third-order valence-corrected chi connectivity index (χ3v) is 4.55. The molecule has 0 saturated heterocycles. The van der Waals surface area contributed by atoms with Crippen LogP contribution in [0.2, 0.25) is 0 Å². The average Bonchev–Trinajstić information content (AvgIpc) is 3.43. The first-order valence-electron chi connectivity index (χ1n) is 9.76. The maximum Gasteiger partial charge on any atom is 0.294 e. The van der Waals surface area contributed by atoms with E-state index in [-0.39, 0.29) is 23.2 Å². The summed E-state index contributed by atoms with van der Waals surface area (Å²) in [7, 11) is 0. The zero-order chi connectivity index (χ0) is 23.4. The summed E-state index contributed by atoms with van der Waals surface area (Å²) in [5.41, 5.74) is 11.2. The van der Waals surface area contributed by atoms with Crippen molar-refractivity contribution in [2.45, 2.75) is 13.8 Å². The largest absolute Gasteiger partial charge is 0.378 e. The van der Waals surface area contributed by atoms with Crippen LogP contribution in [0.25, 0.3) is 17.1 Å². The Morgan fingerprint density at radius 1 is 1.06 bits per heavy atom. The highest BCUT2D eigenvalue weighted by atomic mass is 16.6. The standard InChI is InChI=1S/C21H19N9O3/c1-12(15-9-6-10-16(11-15)23-13(2)31)24-26-21(32)17-18(14-7-4-3-5-8-14)30(29-25-17)20-19(22)27-33-28-20/h3-11H,1-2H3,(H2,22,27)(H,23,31)(H,26,32)/b24-12+. The number of carbonyl (C=O) groups excluding carboxylic acids is 2. The first-order valence-corrected chi connectivity index (χ1v) is 9.76. The molecule has 166 valence electrons. The van der Waals surface area contributed by atoms with Crippen LogP contribution in [0.5, 0.6) is 0 Å². The van der Waals surface area contributed by atoms with E-state index < -0.39 is 5.91 Å². The van der Waals surface area contributed by atoms with E-state index >= 15 is 0 Å². The summed E-state index contributed by atoms with van der Waals surface area (Å²) < 4.78 is 5.94. The third-order valence-electron chi connectivity index (χ3n) is 4.55. The Bertz CT molecular complexity index is 1340. The van der Waals surface area contributed by atoms with Gasteiger partial charge in [-0.2, -0.15) is 9.78 Å². The molecule has 0 aliphatic rings. The number of nitrogens with one attached hydrogen (secondary N) is 2. The predicted molar refractivity (Wildman–Crippen MR) is 119 cm³/mol. The van der Waals surface area contributed by atoms with Crippen LogP contribution in [-0.2, 0) is 4.79 Å². The van der Waals surface area contributed by atoms with Crippen molar-refractivity contribution in [1.82, 2.24) is 30.7 Å². The fourth-order valence-electron chi connectivity index (χ4n) is 3.05. The number of amides is 2. The van der Waals surface area contributed by atoms with Crippen molar-refractivity contribution in [3.63, 3.8) is 0 Å². The van der Waals surface area contributed by atoms with Crippen LogP contribution >= 0.6 is 0 Å². The van der Waals surface area contributed by atoms with E-state index in [9.17, 15) is 9.59 Å². The van der Waals surface area contributed by atoms with E-state index in [0.717, 1.165) is 5.56 Å². The normalized spacial score (nSPS) is 11.3. The molecule has 12 heteroatoms. The van der Waals surface area contributed by atoms with Crippen LogP contribution in [0, 0.1) is 0 Å². The van der Waals surface area contributed by atoms with Gasteiger partial charge in [0.15, 0.2) is 5.69 Å². The van der Waals surface area contributed by atoms with E-state index in [1.54, 1.807) is 37.3 Å². The highest BCUT2D eigenvalue weighted by Crippen LogP contribution is 2.26. The van der Waals surface area contributed by atoms with E-state index in [1.165, 1.54) is 11.6 Å². The SMILES string of the molecule is CC(=O)Nc1cccc(/C(C)=N/NC(=O)c2nnn(-c3nonc3N)c2-c2ccccc2)c1. The minimum absolute atomic E-state index is 0.00282. The van der Waals surface area contributed by atoms with Gasteiger partial charge in [0.25, 0.3) is 5.91 Å². The lowest BCUT2D eigenvalue weighted by Crippen LogP contribution is -2.21. The van der Waals surface area contributed by atoms with E-state index in [2.05, 4.69) is 41.1 Å². The number of hydrazone groups is 1. The predicted octanol–water partition coefficient (Wildman–Crippen LogP) is 2.01. The smallest absolute Gasteiger partial charge is 0.294 e. The minimum atomic E-state index is -0.590. The molecule has 0 bridgehead atoms. The molecule has 33 heavy (non-hydrogen) atoms. The summed E-state index contributed by atoms with van der Waals surface area (Å²) in [6.07, 6.45) is 0. The molecule has 12 nitrogen and oxygen atoms in total. The van der Waals surface area contributed by atoms with Gasteiger partial charge in [0.05, 0.1) is 5.71 Å². The van der Waals surface area contributed by atoms with Gasteiger partial charge in [0, 0.05) is 18.2 Å². The molecular weight excluding hydrogens is 426 g/mol. The number of aromatic nitrogens is 5. The molecule has 2 aromatic carbocycles. The van der Waals surface area contributed by atoms with Crippen LogP contribution in [0.15, 0.2) is 64.3 Å². The number of nitrogens with two attached hydrogens (primary N) is 1. The Kier molecular flexibility index (Phi) is 5.89. The molecule has 4 N–H and O–H groups in total. The number of anilines is 2. The molecule has 2 heterocycles. The lowest BCUT2D eigenvalue weighted by molar-refractivity contribution is -0.114. The van der Waals surface area contributed by atoms with Gasteiger partial charge >= 0.3 is 0 Å². The molecule has 0 atom stereocenters. The van der Waals surface area contributed by atoms with Gasteiger partial charge in [0.2, 0.25) is 17.5 Å². The number of hydrogen-bond donors (Lipinski definition) is 3. The zero-order valence-electron chi connectivity index (χ0n) is 17.7. The molecule has 2 aromatic heterocycles. The Morgan fingerprint density at radius 3 is 2.55 bits per heavy atom. The van der Waals surface area contributed by atoms with Crippen LogP contribution in [0.1, 0.15) is 29.9 Å². The molecule has 2 amide bonds. The first-order chi connectivity index (χ1) is 15.9. The van der Waals surface area contributed by atoms with Crippen LogP contribution in [0.3, 0.4) is 0 Å². The molecule has 0 aliphatic heterocycles. The van der Waals surface area contributed by atoms with Crippen LogP contribution in [-0.4, -0.2) is 42.8 Å². The van der Waals surface area contributed by atoms with E-state index in [4.69, 9.17) is 5.73 Å². The van der Waals surface area contributed by atoms with Crippen molar-refractivity contribution < 1.29 is 14.2 Å². The lowest BCUT2D eigenvalue weighted by atomic mass is 10.1. The molecule has 0 unspecified atom stereocenters. The van der Waals surface area contributed by atoms with Crippen molar-refractivity contribution >= 4 is 29.0 Å². The second-order valence-electron chi connectivity index (χ2n) is 6.94. The molecule has 0 fully saturated rings. The minimum Gasteiger partial charge on any atom is -0.378 e. The van der Waals surface area contributed by atoms with Gasteiger partial charge in [-0.1, -0.05) is 47.7 Å². The summed E-state index contributed by atoms with van der Waals surface area (Å²) in [5, 5.41) is 22.2. The second kappa shape index (κ2) is 9.09. The molecule has 0 saturated carbocycles. The third kappa shape index (κ3) is 4.58. The number of carbonyl (C=O) groups is 2. The Balaban J connectivity index is 1.65. The van der Waals surface area contributed by atoms with Crippen molar-refractivity contribution in [1.29, 1.82) is 0 Å². The van der Waals surface area contributed by atoms with Crippen molar-refractivity contribution in [3.8, 4) is 17.1 Å². The number of benzene rings is 2.